The second kappa shape index (κ2) is 9.74. The zero-order valence-electron chi connectivity index (χ0n) is 17.7. The maximum Gasteiger partial charge on any atom is 0.224 e. The Kier molecular flexibility index (Phi) is 7.08. The quantitative estimate of drug-likeness (QED) is 0.510. The van der Waals surface area contributed by atoms with Crippen molar-refractivity contribution in [2.45, 2.75) is 38.8 Å². The third kappa shape index (κ3) is 5.17. The third-order valence-corrected chi connectivity index (χ3v) is 5.61. The molecule has 0 bridgehead atoms. The molecule has 2 atom stereocenters. The van der Waals surface area contributed by atoms with E-state index in [0.29, 0.717) is 43.5 Å². The van der Waals surface area contributed by atoms with Crippen LogP contribution in [0.1, 0.15) is 32.8 Å². The van der Waals surface area contributed by atoms with Gasteiger partial charge in [-0.05, 0) is 30.5 Å². The maximum atomic E-state index is 9.94. The van der Waals surface area contributed by atoms with Gasteiger partial charge in [0, 0.05) is 26.5 Å². The molecule has 0 saturated heterocycles. The molecule has 1 saturated carbocycles. The largest absolute Gasteiger partial charge is 0.491 e. The molecule has 162 valence electrons. The minimum atomic E-state index is -0.350. The van der Waals surface area contributed by atoms with E-state index in [-0.39, 0.29) is 19.0 Å². The lowest BCUT2D eigenvalue weighted by Crippen LogP contribution is -2.57. The third-order valence-electron chi connectivity index (χ3n) is 5.61. The minimum Gasteiger partial charge on any atom is -0.491 e. The Morgan fingerprint density at radius 2 is 2.07 bits per heavy atom. The number of aliphatic hydroxyl groups excluding tert-OH is 1. The monoisotopic (exact) mass is 413 g/mol. The van der Waals surface area contributed by atoms with Crippen molar-refractivity contribution in [2.24, 2.45) is 5.41 Å². The Bertz CT molecular complexity index is 886. The number of rotatable bonds is 10. The summed E-state index contributed by atoms with van der Waals surface area (Å²) in [5.74, 6) is 1.78. The molecule has 1 fully saturated rings. The van der Waals surface area contributed by atoms with E-state index in [0.717, 1.165) is 12.2 Å². The Labute approximate surface area is 178 Å². The van der Waals surface area contributed by atoms with Crippen LogP contribution in [0.4, 0.5) is 11.8 Å². The first-order chi connectivity index (χ1) is 14.4. The molecule has 3 rings (SSSR count). The van der Waals surface area contributed by atoms with E-state index in [9.17, 15) is 10.4 Å². The van der Waals surface area contributed by atoms with Crippen molar-refractivity contribution in [1.82, 2.24) is 9.97 Å². The normalized spacial score (nSPS) is 19.4. The molecule has 1 aromatic heterocycles. The average Bonchev–Trinajstić information content (AvgIpc) is 2.75. The van der Waals surface area contributed by atoms with E-state index in [1.54, 1.807) is 7.11 Å². The lowest BCUT2D eigenvalue weighted by molar-refractivity contribution is -0.0511. The fraction of sp³-hybridized carbons (Fsp3) is 0.500. The van der Waals surface area contributed by atoms with E-state index in [1.807, 2.05) is 38.1 Å². The number of hydrogen-bond donors (Lipinski definition) is 3. The molecule has 3 N–H and O–H groups in total. The smallest absolute Gasteiger partial charge is 0.224 e. The number of aliphatic hydroxyl groups is 1. The average molecular weight is 414 g/mol. The number of methoxy groups -OCH3 is 1. The maximum absolute atomic E-state index is 9.94. The van der Waals surface area contributed by atoms with Crippen molar-refractivity contribution in [3.63, 3.8) is 0 Å². The molecule has 0 amide bonds. The SMILES string of the molecule is COCCOc1ccc(CCNc2ncc(C#N)c(N[C@@H]3C[C@H](O)C3(C)C)n2)cc1.[HH]. The van der Waals surface area contributed by atoms with Gasteiger partial charge in [0.1, 0.15) is 29.8 Å². The van der Waals surface area contributed by atoms with Crippen molar-refractivity contribution in [1.29, 1.82) is 5.26 Å². The molecule has 30 heavy (non-hydrogen) atoms. The fourth-order valence-corrected chi connectivity index (χ4v) is 3.29. The summed E-state index contributed by atoms with van der Waals surface area (Å²) in [7, 11) is 1.65. The molecule has 0 spiro atoms. The van der Waals surface area contributed by atoms with Crippen LogP contribution in [0.5, 0.6) is 5.75 Å². The number of nitriles is 1. The standard InChI is InChI=1S/C22H29N5O3.H2/c1-22(2)18(12-19(22)28)26-20-16(13-23)14-25-21(27-20)24-9-8-15-4-6-17(7-5-15)30-11-10-29-3;/h4-7,14,18-19,28H,8-12H2,1-3H3,(H2,24,25,26,27);1H/t18-,19+;/m1./s1. The van der Waals surface area contributed by atoms with Crippen LogP contribution in [0.3, 0.4) is 0 Å². The molecular formula is C22H31N5O3. The highest BCUT2D eigenvalue weighted by atomic mass is 16.5. The van der Waals surface area contributed by atoms with Gasteiger partial charge in [-0.2, -0.15) is 10.2 Å². The molecule has 0 unspecified atom stereocenters. The predicted molar refractivity (Wildman–Crippen MR) is 117 cm³/mol. The first kappa shape index (κ1) is 21.8. The van der Waals surface area contributed by atoms with E-state index in [1.165, 1.54) is 11.8 Å². The van der Waals surface area contributed by atoms with Crippen molar-refractivity contribution < 1.29 is 16.0 Å². The zero-order valence-corrected chi connectivity index (χ0v) is 17.7. The summed E-state index contributed by atoms with van der Waals surface area (Å²) < 4.78 is 10.5. The summed E-state index contributed by atoms with van der Waals surface area (Å²) in [6.45, 7) is 5.74. The van der Waals surface area contributed by atoms with Crippen LogP contribution in [0.2, 0.25) is 0 Å². The Morgan fingerprint density at radius 1 is 1.30 bits per heavy atom. The van der Waals surface area contributed by atoms with Crippen LogP contribution in [-0.2, 0) is 11.2 Å². The molecule has 1 aliphatic carbocycles. The first-order valence-corrected chi connectivity index (χ1v) is 10.1. The van der Waals surface area contributed by atoms with Gasteiger partial charge in [0.15, 0.2) is 0 Å². The van der Waals surface area contributed by atoms with Crippen LogP contribution in [0.25, 0.3) is 0 Å². The Balaban J connectivity index is 0.00000341. The second-order valence-electron chi connectivity index (χ2n) is 8.00. The topological polar surface area (TPSA) is 112 Å². The number of nitrogens with one attached hydrogen (secondary N) is 2. The number of anilines is 2. The molecule has 1 aliphatic rings. The predicted octanol–water partition coefficient (Wildman–Crippen LogP) is 2.85. The summed E-state index contributed by atoms with van der Waals surface area (Å²) >= 11 is 0. The van der Waals surface area contributed by atoms with E-state index >= 15 is 0 Å². The molecule has 1 aromatic carbocycles. The number of benzene rings is 1. The van der Waals surface area contributed by atoms with Crippen LogP contribution in [0, 0.1) is 16.7 Å². The van der Waals surface area contributed by atoms with Crippen molar-refractivity contribution >= 4 is 11.8 Å². The van der Waals surface area contributed by atoms with E-state index in [4.69, 9.17) is 9.47 Å². The molecule has 1 heterocycles. The van der Waals surface area contributed by atoms with Crippen molar-refractivity contribution in [3.8, 4) is 11.8 Å². The number of hydrogen-bond acceptors (Lipinski definition) is 8. The van der Waals surface area contributed by atoms with Gasteiger partial charge >= 0.3 is 0 Å². The van der Waals surface area contributed by atoms with E-state index < -0.39 is 0 Å². The molecule has 8 heteroatoms. The zero-order chi connectivity index (χ0) is 21.6. The molecule has 0 aliphatic heterocycles. The summed E-state index contributed by atoms with van der Waals surface area (Å²) in [5, 5.41) is 25.8. The molecule has 0 radical (unpaired) electrons. The summed E-state index contributed by atoms with van der Waals surface area (Å²) in [5.41, 5.74) is 1.30. The van der Waals surface area contributed by atoms with Gasteiger partial charge in [0.25, 0.3) is 0 Å². The van der Waals surface area contributed by atoms with Gasteiger partial charge < -0.3 is 25.2 Å². The number of aromatic nitrogens is 2. The number of ether oxygens (including phenoxy) is 2. The van der Waals surface area contributed by atoms with Gasteiger partial charge in [-0.3, -0.25) is 0 Å². The fourth-order valence-electron chi connectivity index (χ4n) is 3.29. The second-order valence-corrected chi connectivity index (χ2v) is 8.00. The molecule has 2 aromatic rings. The highest BCUT2D eigenvalue weighted by Crippen LogP contribution is 2.42. The van der Waals surface area contributed by atoms with Crippen LogP contribution < -0.4 is 15.4 Å². The summed E-state index contributed by atoms with van der Waals surface area (Å²) in [6.07, 6.45) is 2.60. The van der Waals surface area contributed by atoms with Gasteiger partial charge in [-0.1, -0.05) is 26.0 Å². The summed E-state index contributed by atoms with van der Waals surface area (Å²) in [6, 6.07) is 10.1. The highest BCUT2D eigenvalue weighted by Gasteiger charge is 2.47. The van der Waals surface area contributed by atoms with E-state index in [2.05, 4.69) is 26.7 Å². The van der Waals surface area contributed by atoms with Gasteiger partial charge in [-0.25, -0.2) is 4.98 Å². The van der Waals surface area contributed by atoms with Gasteiger partial charge in [0.05, 0.1) is 18.9 Å². The van der Waals surface area contributed by atoms with Crippen LogP contribution in [-0.4, -0.2) is 54.1 Å². The van der Waals surface area contributed by atoms with Crippen LogP contribution >= 0.6 is 0 Å². The number of nitrogens with zero attached hydrogens (tertiary/aromatic N) is 3. The molecule has 8 nitrogen and oxygen atoms in total. The summed E-state index contributed by atoms with van der Waals surface area (Å²) in [4.78, 5) is 8.71. The van der Waals surface area contributed by atoms with Gasteiger partial charge in [-0.15, -0.1) is 0 Å². The van der Waals surface area contributed by atoms with Crippen LogP contribution in [0.15, 0.2) is 30.5 Å². The lowest BCUT2D eigenvalue weighted by Gasteiger charge is -2.49. The molecular weight excluding hydrogens is 382 g/mol. The van der Waals surface area contributed by atoms with Crippen molar-refractivity contribution in [3.05, 3.63) is 41.6 Å². The minimum absolute atomic E-state index is 0. The lowest BCUT2D eigenvalue weighted by atomic mass is 9.64. The first-order valence-electron chi connectivity index (χ1n) is 10.1. The van der Waals surface area contributed by atoms with Gasteiger partial charge in [0.2, 0.25) is 5.95 Å². The van der Waals surface area contributed by atoms with Crippen molar-refractivity contribution in [2.75, 3.05) is 37.5 Å². The Hall–Kier alpha value is -2.89. The highest BCUT2D eigenvalue weighted by molar-refractivity contribution is 5.54. The Morgan fingerprint density at radius 3 is 2.70 bits per heavy atom.